The van der Waals surface area contributed by atoms with Crippen LogP contribution in [0.15, 0.2) is 47.4 Å². The van der Waals surface area contributed by atoms with Crippen LogP contribution < -0.4 is 5.32 Å². The summed E-state index contributed by atoms with van der Waals surface area (Å²) in [7, 11) is -3.92. The van der Waals surface area contributed by atoms with Crippen LogP contribution in [-0.2, 0) is 21.0 Å². The number of carbonyl (C=O) groups excluding carboxylic acids is 1. The first kappa shape index (κ1) is 21.7. The van der Waals surface area contributed by atoms with Gasteiger partial charge in [0.05, 0.1) is 23.2 Å². The Balaban J connectivity index is 1.52. The van der Waals surface area contributed by atoms with Crippen LogP contribution in [0, 0.1) is 5.92 Å². The topological polar surface area (TPSA) is 92.3 Å². The van der Waals surface area contributed by atoms with Crippen LogP contribution in [0.5, 0.6) is 0 Å². The number of amides is 1. The highest BCUT2D eigenvalue weighted by Gasteiger charge is 2.35. The number of fused-ring (bicyclic) bond motifs is 1. The van der Waals surface area contributed by atoms with E-state index in [-0.39, 0.29) is 29.2 Å². The fourth-order valence-electron chi connectivity index (χ4n) is 3.52. The number of sulfonamides is 1. The van der Waals surface area contributed by atoms with Gasteiger partial charge in [-0.2, -0.15) is 26.2 Å². The molecule has 1 N–H and O–H groups in total. The van der Waals surface area contributed by atoms with Crippen molar-refractivity contribution in [3.63, 3.8) is 0 Å². The van der Waals surface area contributed by atoms with E-state index in [4.69, 9.17) is 0 Å². The fraction of sp³-hybridized carbons (Fsp3) is 0.316. The molecule has 1 amide bonds. The molecule has 0 radical (unpaired) electrons. The first-order valence-electron chi connectivity index (χ1n) is 9.36. The Morgan fingerprint density at radius 3 is 2.71 bits per heavy atom. The number of benzene rings is 2. The van der Waals surface area contributed by atoms with Crippen LogP contribution in [0.25, 0.3) is 11.0 Å². The van der Waals surface area contributed by atoms with E-state index in [0.29, 0.717) is 18.4 Å². The molecule has 2 heterocycles. The van der Waals surface area contributed by atoms with Crippen molar-refractivity contribution in [1.82, 2.24) is 13.1 Å². The van der Waals surface area contributed by atoms with Crippen molar-refractivity contribution >= 4 is 44.4 Å². The minimum absolute atomic E-state index is 0.0121. The Morgan fingerprint density at radius 1 is 1.16 bits per heavy atom. The van der Waals surface area contributed by atoms with Crippen LogP contribution in [-0.4, -0.2) is 40.5 Å². The van der Waals surface area contributed by atoms with E-state index in [1.807, 2.05) is 0 Å². The molecule has 2 aromatic carbocycles. The van der Waals surface area contributed by atoms with Gasteiger partial charge in [0.25, 0.3) is 0 Å². The van der Waals surface area contributed by atoms with Crippen molar-refractivity contribution in [2.24, 2.45) is 5.92 Å². The van der Waals surface area contributed by atoms with Gasteiger partial charge in [0.2, 0.25) is 15.9 Å². The number of aromatic nitrogens is 2. The lowest BCUT2D eigenvalue weighted by Gasteiger charge is -2.31. The monoisotopic (exact) mass is 470 g/mol. The van der Waals surface area contributed by atoms with Crippen molar-refractivity contribution in [2.75, 3.05) is 18.4 Å². The van der Waals surface area contributed by atoms with Crippen LogP contribution in [0.4, 0.5) is 18.9 Å². The third kappa shape index (κ3) is 4.41. The fourth-order valence-corrected chi connectivity index (χ4v) is 5.80. The molecule has 7 nitrogen and oxygen atoms in total. The molecular formula is C19H17F3N4O3S2. The summed E-state index contributed by atoms with van der Waals surface area (Å²) in [6.07, 6.45) is -3.65. The third-order valence-corrected chi connectivity index (χ3v) is 7.52. The van der Waals surface area contributed by atoms with Crippen molar-refractivity contribution in [3.8, 4) is 0 Å². The Morgan fingerprint density at radius 2 is 1.94 bits per heavy atom. The summed E-state index contributed by atoms with van der Waals surface area (Å²) in [6, 6.07) is 9.03. The predicted molar refractivity (Wildman–Crippen MR) is 109 cm³/mol. The van der Waals surface area contributed by atoms with E-state index in [1.165, 1.54) is 22.5 Å². The smallest absolute Gasteiger partial charge is 0.326 e. The quantitative estimate of drug-likeness (QED) is 0.627. The Bertz CT molecular complexity index is 1230. The molecule has 0 saturated carbocycles. The zero-order valence-electron chi connectivity index (χ0n) is 16.0. The van der Waals surface area contributed by atoms with Gasteiger partial charge in [0.1, 0.15) is 15.9 Å². The zero-order chi connectivity index (χ0) is 22.2. The number of rotatable bonds is 4. The Hall–Kier alpha value is -2.57. The molecule has 12 heteroatoms. The maximum Gasteiger partial charge on any atom is 0.416 e. The molecule has 1 aromatic heterocycles. The third-order valence-electron chi connectivity index (χ3n) is 5.08. The average Bonchev–Trinajstić information content (AvgIpc) is 3.22. The number of nitrogens with zero attached hydrogens (tertiary/aromatic N) is 3. The van der Waals surface area contributed by atoms with Gasteiger partial charge in [0.15, 0.2) is 0 Å². The summed E-state index contributed by atoms with van der Waals surface area (Å²) >= 11 is 0.912. The molecular weight excluding hydrogens is 453 g/mol. The lowest BCUT2D eigenvalue weighted by atomic mass is 9.98. The highest BCUT2D eigenvalue weighted by Crippen LogP contribution is 2.32. The van der Waals surface area contributed by atoms with Crippen molar-refractivity contribution in [3.05, 3.63) is 48.0 Å². The van der Waals surface area contributed by atoms with E-state index in [9.17, 15) is 26.4 Å². The van der Waals surface area contributed by atoms with Gasteiger partial charge >= 0.3 is 6.18 Å². The number of nitrogens with one attached hydrogen (secondary N) is 1. The van der Waals surface area contributed by atoms with Gasteiger partial charge in [-0.3, -0.25) is 4.79 Å². The maximum atomic E-state index is 13.2. The molecule has 4 rings (SSSR count). The minimum Gasteiger partial charge on any atom is -0.326 e. The minimum atomic E-state index is -4.53. The second-order valence-electron chi connectivity index (χ2n) is 7.16. The number of halogens is 3. The summed E-state index contributed by atoms with van der Waals surface area (Å²) in [6.45, 7) is 0.171. The molecule has 1 aliphatic heterocycles. The Labute approximate surface area is 180 Å². The first-order chi connectivity index (χ1) is 14.7. The largest absolute Gasteiger partial charge is 0.416 e. The van der Waals surface area contributed by atoms with Crippen LogP contribution in [0.2, 0.25) is 0 Å². The number of piperidine rings is 1. The normalized spacial score (nSPS) is 18.2. The van der Waals surface area contributed by atoms with Gasteiger partial charge in [0, 0.05) is 18.8 Å². The van der Waals surface area contributed by atoms with Gasteiger partial charge in [-0.15, -0.1) is 0 Å². The van der Waals surface area contributed by atoms with E-state index >= 15 is 0 Å². The van der Waals surface area contributed by atoms with Gasteiger partial charge < -0.3 is 5.32 Å². The number of hydrogen-bond acceptors (Lipinski definition) is 6. The number of alkyl halides is 3. The first-order valence-corrected chi connectivity index (χ1v) is 11.5. The standard InChI is InChI=1S/C19H17F3N4O3S2/c20-19(21,22)13-5-1-6-14(10-13)23-18(27)12-4-3-9-26(11-12)31(28,29)16-8-2-7-15-17(16)25-30-24-15/h1-2,5-8,10,12H,3-4,9,11H2,(H,23,27)/t12-/m0/s1. The van der Waals surface area contributed by atoms with Gasteiger partial charge in [-0.25, -0.2) is 8.42 Å². The molecule has 0 bridgehead atoms. The van der Waals surface area contributed by atoms with E-state index in [0.717, 1.165) is 23.9 Å². The number of hydrogen-bond donors (Lipinski definition) is 1. The van der Waals surface area contributed by atoms with Crippen molar-refractivity contribution < 1.29 is 26.4 Å². The second kappa shape index (κ2) is 8.17. The Kier molecular flexibility index (Phi) is 5.71. The van der Waals surface area contributed by atoms with Crippen LogP contribution in [0.3, 0.4) is 0 Å². The summed E-state index contributed by atoms with van der Waals surface area (Å²) in [5.41, 5.74) is -0.105. The lowest BCUT2D eigenvalue weighted by Crippen LogP contribution is -2.43. The molecule has 1 aliphatic rings. The molecule has 1 fully saturated rings. The lowest BCUT2D eigenvalue weighted by molar-refractivity contribution is -0.137. The van der Waals surface area contributed by atoms with E-state index in [1.54, 1.807) is 12.1 Å². The molecule has 164 valence electrons. The summed E-state index contributed by atoms with van der Waals surface area (Å²) in [4.78, 5) is 12.7. The maximum absolute atomic E-state index is 13.2. The molecule has 31 heavy (non-hydrogen) atoms. The van der Waals surface area contributed by atoms with E-state index < -0.39 is 33.6 Å². The molecule has 0 unspecified atom stereocenters. The highest BCUT2D eigenvalue weighted by atomic mass is 32.2. The predicted octanol–water partition coefficient (Wildman–Crippen LogP) is 3.75. The molecule has 1 atom stereocenters. The second-order valence-corrected chi connectivity index (χ2v) is 9.59. The number of carbonyl (C=O) groups is 1. The highest BCUT2D eigenvalue weighted by molar-refractivity contribution is 7.89. The van der Waals surface area contributed by atoms with Crippen LogP contribution >= 0.6 is 11.7 Å². The molecule has 0 spiro atoms. The average molecular weight is 470 g/mol. The zero-order valence-corrected chi connectivity index (χ0v) is 17.6. The number of anilines is 1. The SMILES string of the molecule is O=C(Nc1cccc(C(F)(F)F)c1)[C@H]1CCCN(S(=O)(=O)c2cccc3nsnc23)C1. The van der Waals surface area contributed by atoms with Gasteiger partial charge in [-0.1, -0.05) is 12.1 Å². The van der Waals surface area contributed by atoms with E-state index in [2.05, 4.69) is 14.1 Å². The summed E-state index contributed by atoms with van der Waals surface area (Å²) < 4.78 is 74.4. The molecule has 3 aromatic rings. The molecule has 1 saturated heterocycles. The van der Waals surface area contributed by atoms with Crippen molar-refractivity contribution in [1.29, 1.82) is 0 Å². The summed E-state index contributed by atoms with van der Waals surface area (Å²) in [5, 5.41) is 2.48. The van der Waals surface area contributed by atoms with Crippen LogP contribution in [0.1, 0.15) is 18.4 Å². The summed E-state index contributed by atoms with van der Waals surface area (Å²) in [5.74, 6) is -1.21. The van der Waals surface area contributed by atoms with Crippen molar-refractivity contribution in [2.45, 2.75) is 23.9 Å². The molecule has 0 aliphatic carbocycles. The van der Waals surface area contributed by atoms with Gasteiger partial charge in [-0.05, 0) is 43.2 Å².